The minimum absolute atomic E-state index is 0.0147. The molecule has 14 heteroatoms. The molecule has 0 radical (unpaired) electrons. The molecule has 0 aliphatic rings. The molecule has 0 saturated carbocycles. The zero-order valence-corrected chi connectivity index (χ0v) is 58.7. The smallest absolute Gasteiger partial charge is 0.167 e. The van der Waals surface area contributed by atoms with Crippen LogP contribution in [0.1, 0.15) is 193 Å². The molecule has 4 N–H and O–H groups in total. The number of aliphatic hydroxyl groups is 2. The zero-order valence-electron chi connectivity index (χ0n) is 58.7. The van der Waals surface area contributed by atoms with E-state index in [9.17, 15) is 20.4 Å². The van der Waals surface area contributed by atoms with Gasteiger partial charge in [0.25, 0.3) is 0 Å². The van der Waals surface area contributed by atoms with E-state index >= 15 is 0 Å². The molecule has 0 aliphatic heterocycles. The predicted octanol–water partition coefficient (Wildman–Crippen LogP) is 19.4. The second kappa shape index (κ2) is 40.1. The van der Waals surface area contributed by atoms with E-state index in [1.807, 2.05) is 76.2 Å². The third kappa shape index (κ3) is 24.8. The van der Waals surface area contributed by atoms with Crippen LogP contribution in [0.2, 0.25) is 0 Å². The molecule has 8 aromatic rings. The van der Waals surface area contributed by atoms with E-state index in [1.54, 1.807) is 24.3 Å². The predicted molar refractivity (Wildman–Crippen MR) is 386 cm³/mol. The molecule has 6 aromatic carbocycles. The third-order valence-electron chi connectivity index (χ3n) is 17.2. The normalized spacial score (nSPS) is 12.0. The van der Waals surface area contributed by atoms with Crippen molar-refractivity contribution >= 4 is 0 Å². The highest BCUT2D eigenvalue weighted by atomic mass is 16.5. The first-order valence-electron chi connectivity index (χ1n) is 35.3. The molecule has 8 rings (SSSR count). The molecule has 14 nitrogen and oxygen atoms in total. The lowest BCUT2D eigenvalue weighted by atomic mass is 10.0. The van der Waals surface area contributed by atoms with Gasteiger partial charge >= 0.3 is 0 Å². The number of aliphatic hydroxyl groups excluding tert-OH is 2. The summed E-state index contributed by atoms with van der Waals surface area (Å²) in [6, 6.07) is 34.8. The maximum atomic E-state index is 11.1. The van der Waals surface area contributed by atoms with Gasteiger partial charge < -0.3 is 39.4 Å². The lowest BCUT2D eigenvalue weighted by Crippen LogP contribution is -2.23. The van der Waals surface area contributed by atoms with E-state index in [-0.39, 0.29) is 37.9 Å². The van der Waals surface area contributed by atoms with Gasteiger partial charge in [0.2, 0.25) is 0 Å². The highest BCUT2D eigenvalue weighted by Crippen LogP contribution is 2.37. The Labute approximate surface area is 567 Å². The van der Waals surface area contributed by atoms with Crippen LogP contribution in [0.5, 0.6) is 23.0 Å². The molecular formula is C81H108N6O8. The zero-order chi connectivity index (χ0) is 67.9. The number of aryl methyl sites for hydroxylation is 8. The number of rotatable bonds is 39. The van der Waals surface area contributed by atoms with Crippen LogP contribution in [0, 0.1) is 55.4 Å². The number of ether oxygens (including phenoxy) is 4. The van der Waals surface area contributed by atoms with Crippen molar-refractivity contribution in [2.75, 3.05) is 39.6 Å². The van der Waals surface area contributed by atoms with Crippen LogP contribution in [-0.2, 0) is 9.47 Å². The van der Waals surface area contributed by atoms with Crippen molar-refractivity contribution in [3.8, 4) is 91.3 Å². The Morgan fingerprint density at radius 3 is 0.789 bits per heavy atom. The number of phenols is 2. The molecule has 2 heterocycles. The van der Waals surface area contributed by atoms with Crippen LogP contribution in [0.3, 0.4) is 0 Å². The molecule has 0 bridgehead atoms. The van der Waals surface area contributed by atoms with Crippen molar-refractivity contribution in [1.29, 1.82) is 0 Å². The fourth-order valence-electron chi connectivity index (χ4n) is 11.8. The van der Waals surface area contributed by atoms with Gasteiger partial charge in [-0.05, 0) is 115 Å². The van der Waals surface area contributed by atoms with Gasteiger partial charge in [0.1, 0.15) is 48.4 Å². The van der Waals surface area contributed by atoms with Gasteiger partial charge in [-0.2, -0.15) is 0 Å². The van der Waals surface area contributed by atoms with Crippen LogP contribution in [0.25, 0.3) is 68.3 Å². The maximum absolute atomic E-state index is 11.1. The van der Waals surface area contributed by atoms with E-state index in [1.165, 1.54) is 121 Å². The Morgan fingerprint density at radius 2 is 0.537 bits per heavy atom. The molecule has 2 aromatic heterocycles. The Balaban J connectivity index is 0.000000269. The summed E-state index contributed by atoms with van der Waals surface area (Å²) in [6.45, 7) is 22.8. The van der Waals surface area contributed by atoms with Gasteiger partial charge in [0.15, 0.2) is 34.9 Å². The fourth-order valence-corrected chi connectivity index (χ4v) is 11.8. The number of phenolic OH excluding ortho intramolecular Hbond substituents is 2. The summed E-state index contributed by atoms with van der Waals surface area (Å²) < 4.78 is 23.0. The molecule has 2 atom stereocenters. The van der Waals surface area contributed by atoms with E-state index in [2.05, 4.69) is 65.8 Å². The lowest BCUT2D eigenvalue weighted by Gasteiger charge is -2.14. The summed E-state index contributed by atoms with van der Waals surface area (Å²) >= 11 is 0. The quantitative estimate of drug-likeness (QED) is 0.0266. The summed E-state index contributed by atoms with van der Waals surface area (Å²) in [6.07, 6.45) is 25.5. The topological polar surface area (TPSA) is 195 Å². The number of hydrogen-bond acceptors (Lipinski definition) is 14. The van der Waals surface area contributed by atoms with E-state index in [4.69, 9.17) is 48.9 Å². The highest BCUT2D eigenvalue weighted by Gasteiger charge is 2.21. The van der Waals surface area contributed by atoms with Gasteiger partial charge in [-0.15, -0.1) is 0 Å². The average molecular weight is 1290 g/mol. The Kier molecular flexibility index (Phi) is 31.5. The number of unbranched alkanes of at least 4 members (excludes halogenated alkanes) is 19. The summed E-state index contributed by atoms with van der Waals surface area (Å²) in [5, 5.41) is 43.0. The average Bonchev–Trinajstić information content (AvgIpc) is 0.800. The number of aromatic nitrogens is 6. The summed E-state index contributed by atoms with van der Waals surface area (Å²) in [5.74, 6) is 3.78. The molecular weight excluding hydrogens is 1180 g/mol. The largest absolute Gasteiger partial charge is 0.507 e. The van der Waals surface area contributed by atoms with Gasteiger partial charge in [-0.1, -0.05) is 231 Å². The van der Waals surface area contributed by atoms with Crippen molar-refractivity contribution in [3.05, 3.63) is 154 Å². The van der Waals surface area contributed by atoms with Crippen molar-refractivity contribution in [2.45, 2.75) is 216 Å². The first-order valence-corrected chi connectivity index (χ1v) is 35.3. The Morgan fingerprint density at radius 1 is 0.295 bits per heavy atom. The number of nitrogens with zero attached hydrogens (tertiary/aromatic N) is 6. The minimum atomic E-state index is -0.760. The Hall–Kier alpha value is -7.62. The molecule has 0 fully saturated rings. The first-order chi connectivity index (χ1) is 46.0. The van der Waals surface area contributed by atoms with Gasteiger partial charge in [-0.3, -0.25) is 0 Å². The Bertz CT molecular complexity index is 3490. The van der Waals surface area contributed by atoms with E-state index in [0.717, 1.165) is 92.4 Å². The molecule has 95 heavy (non-hydrogen) atoms. The summed E-state index contributed by atoms with van der Waals surface area (Å²) in [5.41, 5.74) is 13.5. The van der Waals surface area contributed by atoms with Crippen LogP contribution < -0.4 is 9.47 Å². The third-order valence-corrected chi connectivity index (χ3v) is 17.2. The van der Waals surface area contributed by atoms with E-state index in [0.29, 0.717) is 70.8 Å². The van der Waals surface area contributed by atoms with Crippen LogP contribution >= 0.6 is 0 Å². The summed E-state index contributed by atoms with van der Waals surface area (Å²) in [4.78, 5) is 29.0. The molecule has 0 spiro atoms. The maximum Gasteiger partial charge on any atom is 0.167 e. The van der Waals surface area contributed by atoms with Crippen molar-refractivity contribution in [3.63, 3.8) is 0 Å². The molecule has 2 unspecified atom stereocenters. The molecule has 0 aliphatic carbocycles. The first kappa shape index (κ1) is 74.8. The monoisotopic (exact) mass is 1290 g/mol. The fraction of sp³-hybridized carbons (Fsp3) is 0.481. The molecule has 0 saturated heterocycles. The van der Waals surface area contributed by atoms with Crippen LogP contribution in [0.15, 0.2) is 109 Å². The van der Waals surface area contributed by atoms with Gasteiger partial charge in [-0.25, -0.2) is 29.9 Å². The second-order valence-corrected chi connectivity index (χ2v) is 26.0. The van der Waals surface area contributed by atoms with Gasteiger partial charge in [0.05, 0.1) is 24.3 Å². The second-order valence-electron chi connectivity index (χ2n) is 26.0. The summed E-state index contributed by atoms with van der Waals surface area (Å²) in [7, 11) is 0. The lowest BCUT2D eigenvalue weighted by molar-refractivity contribution is 0.0109. The molecule has 510 valence electrons. The van der Waals surface area contributed by atoms with Crippen LogP contribution in [0.4, 0.5) is 0 Å². The van der Waals surface area contributed by atoms with Crippen LogP contribution in [-0.4, -0.2) is 102 Å². The highest BCUT2D eigenvalue weighted by molar-refractivity contribution is 5.74. The van der Waals surface area contributed by atoms with Crippen molar-refractivity contribution in [2.24, 2.45) is 0 Å². The standard InChI is InChI=1S/C41H55N3O4.C40H53N3O4/c1-6-7-8-9-10-11-12-13-14-15-16-23-47-27-33(45)28-48-34-19-22-37(38(46)26-34)41-43-39(35-20-17-29(2)24-31(35)4)42-40(44-41)36-21-18-30(3)25-32(36)5;1-6-7-8-9-10-11-12-13-14-15-22-46-26-32(44)27-47-33-18-21-36(37(45)25-33)40-42-38(34-19-16-28(2)23-30(34)4)41-39(43-40)35-20-17-29(3)24-31(35)5/h17-22,24-26,33,45-46H,6-16,23,27-28H2,1-5H3;16-21,23-25,32,44-45H,6-15,22,26-27H2,1-5H3. The number of aromatic hydroxyl groups is 2. The SMILES string of the molecule is CCCCCCCCCCCCCOCC(O)COc1ccc(-c2nc(-c3ccc(C)cc3C)nc(-c3ccc(C)cc3C)n2)c(O)c1.CCCCCCCCCCCCOCC(O)COc1ccc(-c2nc(-c3ccc(C)cc3C)nc(-c3ccc(C)cc3C)n2)c(O)c1. The molecule has 0 amide bonds. The van der Waals surface area contributed by atoms with Gasteiger partial charge in [0, 0.05) is 47.6 Å². The minimum Gasteiger partial charge on any atom is -0.507 e. The number of benzene rings is 6. The van der Waals surface area contributed by atoms with Crippen molar-refractivity contribution < 1.29 is 39.4 Å². The number of hydrogen-bond donors (Lipinski definition) is 4. The van der Waals surface area contributed by atoms with Crippen molar-refractivity contribution in [1.82, 2.24) is 29.9 Å². The van der Waals surface area contributed by atoms with E-state index < -0.39 is 12.2 Å².